The molecule has 1 aromatic heterocycles. The molecule has 0 radical (unpaired) electrons. The summed E-state index contributed by atoms with van der Waals surface area (Å²) in [7, 11) is 1.53. The van der Waals surface area contributed by atoms with Crippen LogP contribution in [0.1, 0.15) is 16.1 Å². The lowest BCUT2D eigenvalue weighted by molar-refractivity contribution is -0.141. The zero-order valence-corrected chi connectivity index (χ0v) is 15.0. The number of ether oxygens (including phenoxy) is 2. The molecule has 0 aliphatic rings. The highest BCUT2D eigenvalue weighted by Gasteiger charge is 2.23. The first kappa shape index (κ1) is 19.4. The van der Waals surface area contributed by atoms with E-state index in [1.54, 1.807) is 18.2 Å². The fraction of sp³-hybridized carbons (Fsp3) is 0.200. The second-order valence-corrected chi connectivity index (χ2v) is 6.02. The summed E-state index contributed by atoms with van der Waals surface area (Å²) in [5, 5.41) is 12.3. The molecule has 0 aliphatic heterocycles. The predicted octanol–water partition coefficient (Wildman–Crippen LogP) is 2.98. The number of carboxylic acids is 1. The van der Waals surface area contributed by atoms with Gasteiger partial charge in [-0.3, -0.25) is 4.79 Å². The molecule has 146 valence electrons. The van der Waals surface area contributed by atoms with E-state index in [1.165, 1.54) is 37.4 Å². The number of amides is 1. The van der Waals surface area contributed by atoms with Crippen LogP contribution in [0.4, 0.5) is 4.39 Å². The normalized spacial score (nSPS) is 11.9. The predicted molar refractivity (Wildman–Crippen MR) is 97.7 cm³/mol. The number of benzene rings is 2. The number of hydrogen-bond acceptors (Lipinski definition) is 5. The molecular weight excluding hydrogens is 369 g/mol. The first-order valence-corrected chi connectivity index (χ1v) is 8.39. The monoisotopic (exact) mass is 387 g/mol. The summed E-state index contributed by atoms with van der Waals surface area (Å²) < 4.78 is 28.8. The number of carbonyl (C=O) groups is 2. The van der Waals surface area contributed by atoms with Crippen LogP contribution < -0.4 is 10.1 Å². The second kappa shape index (κ2) is 8.53. The van der Waals surface area contributed by atoms with Crippen molar-refractivity contribution in [2.24, 2.45) is 0 Å². The second-order valence-electron chi connectivity index (χ2n) is 6.02. The van der Waals surface area contributed by atoms with Gasteiger partial charge in [0, 0.05) is 5.39 Å². The van der Waals surface area contributed by atoms with E-state index in [0.29, 0.717) is 22.3 Å². The molecule has 0 fully saturated rings. The van der Waals surface area contributed by atoms with Crippen molar-refractivity contribution in [3.63, 3.8) is 0 Å². The van der Waals surface area contributed by atoms with E-state index in [4.69, 9.17) is 13.9 Å². The number of methoxy groups -OCH3 is 1. The third-order valence-electron chi connectivity index (χ3n) is 4.02. The molecule has 0 aliphatic carbocycles. The number of rotatable bonds is 8. The molecular formula is C20H18FNO6. The molecule has 3 rings (SSSR count). The number of carbonyl (C=O) groups excluding carboxylic acids is 1. The zero-order chi connectivity index (χ0) is 20.1. The number of halogens is 1. The van der Waals surface area contributed by atoms with Crippen LogP contribution >= 0.6 is 0 Å². The molecule has 1 unspecified atom stereocenters. The highest BCUT2D eigenvalue weighted by atomic mass is 19.1. The minimum absolute atomic E-state index is 0.0203. The van der Waals surface area contributed by atoms with Crippen molar-refractivity contribution in [1.29, 1.82) is 0 Å². The van der Waals surface area contributed by atoms with Gasteiger partial charge in [-0.15, -0.1) is 0 Å². The van der Waals surface area contributed by atoms with E-state index < -0.39 is 17.9 Å². The van der Waals surface area contributed by atoms with E-state index >= 15 is 0 Å². The Bertz CT molecular complexity index is 982. The Morgan fingerprint density at radius 3 is 2.61 bits per heavy atom. The van der Waals surface area contributed by atoms with Crippen LogP contribution in [0, 0.1) is 5.82 Å². The Kier molecular flexibility index (Phi) is 5.90. The van der Waals surface area contributed by atoms with Gasteiger partial charge in [-0.25, -0.2) is 9.18 Å². The molecule has 7 nitrogen and oxygen atoms in total. The van der Waals surface area contributed by atoms with Crippen molar-refractivity contribution >= 4 is 22.8 Å². The number of furan rings is 1. The van der Waals surface area contributed by atoms with Crippen LogP contribution in [0.3, 0.4) is 0 Å². The summed E-state index contributed by atoms with van der Waals surface area (Å²) in [5.41, 5.74) is 1.16. The van der Waals surface area contributed by atoms with Gasteiger partial charge in [0.15, 0.2) is 11.8 Å². The van der Waals surface area contributed by atoms with Gasteiger partial charge in [-0.2, -0.15) is 0 Å². The minimum Gasteiger partial charge on any atom is -0.497 e. The maximum atomic E-state index is 12.9. The molecule has 1 heterocycles. The molecule has 8 heteroatoms. The van der Waals surface area contributed by atoms with Crippen molar-refractivity contribution in [1.82, 2.24) is 5.32 Å². The number of carboxylic acid groups (broad SMARTS) is 1. The molecule has 2 N–H and O–H groups in total. The molecule has 0 bridgehead atoms. The summed E-state index contributed by atoms with van der Waals surface area (Å²) in [6.07, 6.45) is 0. The SMILES string of the molecule is COc1ccc2oc(C(=O)NC(COCc3ccc(F)cc3)C(=O)O)cc2c1. The maximum Gasteiger partial charge on any atom is 0.328 e. The molecule has 0 saturated carbocycles. The fourth-order valence-electron chi connectivity index (χ4n) is 2.54. The summed E-state index contributed by atoms with van der Waals surface area (Å²) in [4.78, 5) is 23.8. The molecule has 0 saturated heterocycles. The van der Waals surface area contributed by atoms with E-state index in [2.05, 4.69) is 5.32 Å². The Morgan fingerprint density at radius 1 is 1.18 bits per heavy atom. The highest BCUT2D eigenvalue weighted by Crippen LogP contribution is 2.24. The van der Waals surface area contributed by atoms with E-state index in [0.717, 1.165) is 0 Å². The lowest BCUT2D eigenvalue weighted by Crippen LogP contribution is -2.43. The van der Waals surface area contributed by atoms with Crippen LogP contribution in [0.5, 0.6) is 5.75 Å². The highest BCUT2D eigenvalue weighted by molar-refractivity contribution is 5.98. The third-order valence-corrected chi connectivity index (χ3v) is 4.02. The van der Waals surface area contributed by atoms with Gasteiger partial charge in [0.25, 0.3) is 5.91 Å². The van der Waals surface area contributed by atoms with Crippen molar-refractivity contribution in [3.8, 4) is 5.75 Å². The Labute approximate surface area is 159 Å². The van der Waals surface area contributed by atoms with Gasteiger partial charge >= 0.3 is 5.97 Å². The first-order chi connectivity index (χ1) is 13.5. The average Bonchev–Trinajstić information content (AvgIpc) is 3.11. The zero-order valence-electron chi connectivity index (χ0n) is 15.0. The van der Waals surface area contributed by atoms with E-state index in [9.17, 15) is 19.1 Å². The number of nitrogens with one attached hydrogen (secondary N) is 1. The Morgan fingerprint density at radius 2 is 1.93 bits per heavy atom. The maximum absolute atomic E-state index is 12.9. The van der Waals surface area contributed by atoms with Crippen LogP contribution in [-0.2, 0) is 16.1 Å². The smallest absolute Gasteiger partial charge is 0.328 e. The molecule has 2 aromatic carbocycles. The van der Waals surface area contributed by atoms with E-state index in [1.807, 2.05) is 0 Å². The van der Waals surface area contributed by atoms with Gasteiger partial charge < -0.3 is 24.3 Å². The average molecular weight is 387 g/mol. The van der Waals surface area contributed by atoms with Gasteiger partial charge in [0.1, 0.15) is 17.1 Å². The van der Waals surface area contributed by atoms with Gasteiger partial charge in [-0.1, -0.05) is 12.1 Å². The summed E-state index contributed by atoms with van der Waals surface area (Å²) in [6, 6.07) is 10.9. The van der Waals surface area contributed by atoms with Crippen LogP contribution in [-0.4, -0.2) is 36.7 Å². The Hall–Kier alpha value is -3.39. The topological polar surface area (TPSA) is 98.0 Å². The lowest BCUT2D eigenvalue weighted by Gasteiger charge is -2.14. The summed E-state index contributed by atoms with van der Waals surface area (Å²) >= 11 is 0. The van der Waals surface area contributed by atoms with Gasteiger partial charge in [0.05, 0.1) is 20.3 Å². The molecule has 3 aromatic rings. The van der Waals surface area contributed by atoms with Crippen molar-refractivity contribution in [2.75, 3.05) is 13.7 Å². The summed E-state index contributed by atoms with van der Waals surface area (Å²) in [5.74, 6) is -1.70. The molecule has 1 amide bonds. The van der Waals surface area contributed by atoms with Crippen LogP contribution in [0.25, 0.3) is 11.0 Å². The van der Waals surface area contributed by atoms with Crippen LogP contribution in [0.15, 0.2) is 52.9 Å². The number of fused-ring (bicyclic) bond motifs is 1. The minimum atomic E-state index is -1.27. The number of aliphatic carboxylic acids is 1. The Balaban J connectivity index is 1.62. The van der Waals surface area contributed by atoms with Crippen molar-refractivity contribution in [3.05, 3.63) is 65.7 Å². The quantitative estimate of drug-likeness (QED) is 0.617. The molecule has 1 atom stereocenters. The lowest BCUT2D eigenvalue weighted by atomic mass is 10.2. The molecule has 0 spiro atoms. The van der Waals surface area contributed by atoms with Gasteiger partial charge in [-0.05, 0) is 42.0 Å². The standard InChI is InChI=1S/C20H18FNO6/c1-26-15-6-7-17-13(8-15)9-18(28-17)19(23)22-16(20(24)25)11-27-10-12-2-4-14(21)5-3-12/h2-9,16H,10-11H2,1H3,(H,22,23)(H,24,25). The summed E-state index contributed by atoms with van der Waals surface area (Å²) in [6.45, 7) is -0.170. The van der Waals surface area contributed by atoms with Crippen LogP contribution in [0.2, 0.25) is 0 Å². The van der Waals surface area contributed by atoms with E-state index in [-0.39, 0.29) is 24.8 Å². The van der Waals surface area contributed by atoms with Crippen molar-refractivity contribution in [2.45, 2.75) is 12.6 Å². The molecule has 28 heavy (non-hydrogen) atoms. The largest absolute Gasteiger partial charge is 0.497 e. The first-order valence-electron chi connectivity index (χ1n) is 8.39. The van der Waals surface area contributed by atoms with Crippen molar-refractivity contribution < 1.29 is 33.0 Å². The fourth-order valence-corrected chi connectivity index (χ4v) is 2.54. The number of hydrogen-bond donors (Lipinski definition) is 2. The third kappa shape index (κ3) is 4.66. The van der Waals surface area contributed by atoms with Gasteiger partial charge in [0.2, 0.25) is 0 Å².